The lowest BCUT2D eigenvalue weighted by Crippen LogP contribution is -2.74. The van der Waals surface area contributed by atoms with Crippen molar-refractivity contribution in [3.05, 3.63) is 0 Å². The number of nitrogens with one attached hydrogen (secondary N) is 1. The summed E-state index contributed by atoms with van der Waals surface area (Å²) >= 11 is 0. The predicted octanol–water partition coefficient (Wildman–Crippen LogP) is 1.94. The molecule has 0 saturated carbocycles. The van der Waals surface area contributed by atoms with Crippen LogP contribution < -0.4 is 5.32 Å². The van der Waals surface area contributed by atoms with Gasteiger partial charge in [0.15, 0.2) is 0 Å². The molecule has 2 unspecified atom stereocenters. The van der Waals surface area contributed by atoms with Gasteiger partial charge in [-0.25, -0.2) is 0 Å². The van der Waals surface area contributed by atoms with Crippen molar-refractivity contribution in [1.82, 2.24) is 10.2 Å². The lowest BCUT2D eigenvalue weighted by atomic mass is 9.83. The van der Waals surface area contributed by atoms with Crippen molar-refractivity contribution in [2.45, 2.75) is 65.5 Å². The highest BCUT2D eigenvalue weighted by molar-refractivity contribution is 6.01. The molecule has 1 rings (SSSR count). The van der Waals surface area contributed by atoms with Crippen molar-refractivity contribution in [3.63, 3.8) is 0 Å². The maximum atomic E-state index is 12.6. The topological polar surface area (TPSA) is 49.4 Å². The van der Waals surface area contributed by atoms with E-state index in [4.69, 9.17) is 0 Å². The second kappa shape index (κ2) is 4.90. The van der Waals surface area contributed by atoms with Crippen molar-refractivity contribution in [1.29, 1.82) is 0 Å². The van der Waals surface area contributed by atoms with Crippen LogP contribution in [-0.4, -0.2) is 34.3 Å². The second-order valence-corrected chi connectivity index (χ2v) is 6.08. The van der Waals surface area contributed by atoms with Crippen LogP contribution in [0.15, 0.2) is 0 Å². The Morgan fingerprint density at radius 3 is 2.11 bits per heavy atom. The minimum Gasteiger partial charge on any atom is -0.340 e. The molecule has 0 aromatic carbocycles. The Morgan fingerprint density at radius 2 is 1.72 bits per heavy atom. The Morgan fingerprint density at radius 1 is 1.17 bits per heavy atom. The Kier molecular flexibility index (Phi) is 4.08. The highest BCUT2D eigenvalue weighted by atomic mass is 16.2. The number of hydrogen-bond acceptors (Lipinski definition) is 2. The molecular weight excluding hydrogens is 228 g/mol. The summed E-state index contributed by atoms with van der Waals surface area (Å²) in [4.78, 5) is 26.8. The third-order valence-corrected chi connectivity index (χ3v) is 4.13. The number of rotatable bonds is 4. The zero-order valence-electron chi connectivity index (χ0n) is 12.5. The van der Waals surface area contributed by atoms with Crippen molar-refractivity contribution < 1.29 is 9.59 Å². The first-order valence-electron chi connectivity index (χ1n) is 6.86. The SMILES string of the molecule is CCC1(C)NC(=O)C(C)(CC)N(CC(C)C)C1=O. The molecule has 1 aliphatic heterocycles. The van der Waals surface area contributed by atoms with E-state index in [-0.39, 0.29) is 11.8 Å². The van der Waals surface area contributed by atoms with Gasteiger partial charge in [0.1, 0.15) is 11.1 Å². The van der Waals surface area contributed by atoms with E-state index < -0.39 is 11.1 Å². The Labute approximate surface area is 110 Å². The molecule has 1 heterocycles. The van der Waals surface area contributed by atoms with Gasteiger partial charge in [-0.05, 0) is 32.6 Å². The quantitative estimate of drug-likeness (QED) is 0.833. The first-order valence-corrected chi connectivity index (χ1v) is 6.86. The van der Waals surface area contributed by atoms with Gasteiger partial charge in [-0.1, -0.05) is 27.7 Å². The van der Waals surface area contributed by atoms with E-state index >= 15 is 0 Å². The van der Waals surface area contributed by atoms with Crippen LogP contribution in [-0.2, 0) is 9.59 Å². The minimum atomic E-state index is -0.749. The van der Waals surface area contributed by atoms with Crippen LogP contribution in [0, 0.1) is 5.92 Å². The Hall–Kier alpha value is -1.06. The molecule has 0 aromatic rings. The highest BCUT2D eigenvalue weighted by Gasteiger charge is 2.52. The first kappa shape index (κ1) is 15.0. The van der Waals surface area contributed by atoms with Gasteiger partial charge < -0.3 is 10.2 Å². The molecule has 0 spiro atoms. The molecule has 4 nitrogen and oxygen atoms in total. The van der Waals surface area contributed by atoms with Gasteiger partial charge >= 0.3 is 0 Å². The van der Waals surface area contributed by atoms with Crippen LogP contribution in [0.2, 0.25) is 0 Å². The van der Waals surface area contributed by atoms with Crippen molar-refractivity contribution >= 4 is 11.8 Å². The zero-order chi connectivity index (χ0) is 14.1. The van der Waals surface area contributed by atoms with E-state index in [1.165, 1.54) is 0 Å². The van der Waals surface area contributed by atoms with E-state index in [0.717, 1.165) is 0 Å². The second-order valence-electron chi connectivity index (χ2n) is 6.08. The largest absolute Gasteiger partial charge is 0.340 e. The fraction of sp³-hybridized carbons (Fsp3) is 0.857. The van der Waals surface area contributed by atoms with Crippen LogP contribution in [0.25, 0.3) is 0 Å². The number of carbonyl (C=O) groups is 2. The van der Waals surface area contributed by atoms with Gasteiger partial charge in [0.2, 0.25) is 11.8 Å². The standard InChI is InChI=1S/C14H26N2O2/c1-7-13(5)12(18)16(9-10(3)4)14(6,8-2)11(17)15-13/h10H,7-9H2,1-6H3,(H,15,17). The van der Waals surface area contributed by atoms with E-state index in [1.54, 1.807) is 4.90 Å². The average Bonchev–Trinajstić information content (AvgIpc) is 2.32. The lowest BCUT2D eigenvalue weighted by Gasteiger charge is -2.50. The molecule has 2 atom stereocenters. The van der Waals surface area contributed by atoms with Crippen molar-refractivity contribution in [2.24, 2.45) is 5.92 Å². The molecule has 1 N–H and O–H groups in total. The summed E-state index contributed by atoms with van der Waals surface area (Å²) in [5.74, 6) is 0.365. The van der Waals surface area contributed by atoms with Crippen molar-refractivity contribution in [3.8, 4) is 0 Å². The fourth-order valence-electron chi connectivity index (χ4n) is 2.32. The summed E-state index contributed by atoms with van der Waals surface area (Å²) in [6.45, 7) is 12.3. The van der Waals surface area contributed by atoms with Gasteiger partial charge in [-0.2, -0.15) is 0 Å². The zero-order valence-corrected chi connectivity index (χ0v) is 12.5. The Balaban J connectivity index is 3.17. The molecule has 0 aromatic heterocycles. The highest BCUT2D eigenvalue weighted by Crippen LogP contribution is 2.31. The first-order chi connectivity index (χ1) is 8.21. The summed E-state index contributed by atoms with van der Waals surface area (Å²) in [6, 6.07) is 0. The summed E-state index contributed by atoms with van der Waals surface area (Å²) in [5.41, 5.74) is -1.46. The molecule has 104 valence electrons. The molecule has 1 aliphatic rings. The van der Waals surface area contributed by atoms with Crippen LogP contribution in [0.1, 0.15) is 54.4 Å². The lowest BCUT2D eigenvalue weighted by molar-refractivity contribution is -0.162. The summed E-state index contributed by atoms with van der Waals surface area (Å²) < 4.78 is 0. The molecule has 1 fully saturated rings. The molecule has 0 aliphatic carbocycles. The predicted molar refractivity (Wildman–Crippen MR) is 72.1 cm³/mol. The van der Waals surface area contributed by atoms with Crippen LogP contribution in [0.4, 0.5) is 0 Å². The van der Waals surface area contributed by atoms with E-state index in [2.05, 4.69) is 19.2 Å². The maximum absolute atomic E-state index is 12.6. The number of piperazine rings is 1. The van der Waals surface area contributed by atoms with Crippen molar-refractivity contribution in [2.75, 3.05) is 6.54 Å². The molecule has 2 amide bonds. The van der Waals surface area contributed by atoms with Gasteiger partial charge in [-0.3, -0.25) is 9.59 Å². The monoisotopic (exact) mass is 254 g/mol. The number of carbonyl (C=O) groups excluding carboxylic acids is 2. The normalized spacial score (nSPS) is 32.9. The molecular formula is C14H26N2O2. The van der Waals surface area contributed by atoms with Gasteiger partial charge in [0.05, 0.1) is 0 Å². The third kappa shape index (κ3) is 2.25. The van der Waals surface area contributed by atoms with Gasteiger partial charge in [-0.15, -0.1) is 0 Å². The van der Waals surface area contributed by atoms with E-state index in [0.29, 0.717) is 25.3 Å². The summed E-state index contributed by atoms with van der Waals surface area (Å²) in [6.07, 6.45) is 1.25. The molecule has 0 bridgehead atoms. The smallest absolute Gasteiger partial charge is 0.248 e. The van der Waals surface area contributed by atoms with Crippen LogP contribution >= 0.6 is 0 Å². The number of hydrogen-bond donors (Lipinski definition) is 1. The average molecular weight is 254 g/mol. The minimum absolute atomic E-state index is 0.0328. The molecule has 18 heavy (non-hydrogen) atoms. The van der Waals surface area contributed by atoms with Gasteiger partial charge in [0, 0.05) is 6.54 Å². The molecule has 1 saturated heterocycles. The Bertz CT molecular complexity index is 354. The molecule has 0 radical (unpaired) electrons. The fourth-order valence-corrected chi connectivity index (χ4v) is 2.32. The third-order valence-electron chi connectivity index (χ3n) is 4.13. The summed E-state index contributed by atoms with van der Waals surface area (Å²) in [5, 5.41) is 2.91. The maximum Gasteiger partial charge on any atom is 0.248 e. The number of amides is 2. The molecule has 4 heteroatoms. The van der Waals surface area contributed by atoms with Crippen LogP contribution in [0.3, 0.4) is 0 Å². The van der Waals surface area contributed by atoms with Gasteiger partial charge in [0.25, 0.3) is 0 Å². The summed E-state index contributed by atoms with van der Waals surface area (Å²) in [7, 11) is 0. The number of nitrogens with zero attached hydrogens (tertiary/aromatic N) is 1. The van der Waals surface area contributed by atoms with E-state index in [9.17, 15) is 9.59 Å². The van der Waals surface area contributed by atoms with E-state index in [1.807, 2.05) is 27.7 Å². The van der Waals surface area contributed by atoms with Crippen LogP contribution in [0.5, 0.6) is 0 Å².